The fraction of sp³-hybridized carbons (Fsp3) is 0.522. The highest BCUT2D eigenvalue weighted by Gasteiger charge is 2.54. The maximum absolute atomic E-state index is 12.5. The summed E-state index contributed by atoms with van der Waals surface area (Å²) in [5.74, 6) is 0.152. The minimum atomic E-state index is -2.29. The summed E-state index contributed by atoms with van der Waals surface area (Å²) in [4.78, 5) is 12.3. The lowest BCUT2D eigenvalue weighted by Crippen LogP contribution is -2.44. The topological polar surface area (TPSA) is 210 Å². The Labute approximate surface area is 229 Å². The molecule has 0 bridgehead atoms. The van der Waals surface area contributed by atoms with Gasteiger partial charge in [0.15, 0.2) is 35.1 Å². The zero-order valence-corrected chi connectivity index (χ0v) is 23.2. The molecule has 0 spiro atoms. The van der Waals surface area contributed by atoms with Crippen molar-refractivity contribution in [3.63, 3.8) is 0 Å². The average molecular weight is 584 g/mol. The molecular formula is C23H32N6O8PS+. The van der Waals surface area contributed by atoms with Gasteiger partial charge in [0.2, 0.25) is 11.8 Å². The molecular weight excluding hydrogens is 551 g/mol. The number of nitrogens with two attached hydrogens (primary N) is 2. The second kappa shape index (κ2) is 12.4. The largest absolute Gasteiger partial charge is 0.585 e. The molecule has 16 heteroatoms. The van der Waals surface area contributed by atoms with Crippen LogP contribution in [0, 0.1) is 0 Å². The Kier molecular flexibility index (Phi) is 9.37. The monoisotopic (exact) mass is 583 g/mol. The van der Waals surface area contributed by atoms with E-state index in [1.807, 2.05) is 30.3 Å². The molecule has 7 N–H and O–H groups in total. The summed E-state index contributed by atoms with van der Waals surface area (Å²) in [5.41, 5.74) is 11.4. The number of rotatable bonds is 12. The molecule has 8 atom stereocenters. The first-order chi connectivity index (χ1) is 18.5. The summed E-state index contributed by atoms with van der Waals surface area (Å²) < 4.78 is 35.9. The standard InChI is InChI=1S/C23H32N6O8PS/c1-12(13-7-5-4-6-8-13)36-20(31)14(24)10-39-38(33)35-9-15-17(30)23(2,32)21(37-15)29-11-26-16-18(29)27-22(25)28-19(16)34-3/h4-8,11-12,14-15,17,20-21,30-32H,9-10,24H2,1-3H3,(H2,25,27,28)/q+1. The summed E-state index contributed by atoms with van der Waals surface area (Å²) in [7, 11) is -0.885. The van der Waals surface area contributed by atoms with E-state index in [9.17, 15) is 19.9 Å². The van der Waals surface area contributed by atoms with Crippen LogP contribution in [0.1, 0.15) is 31.7 Å². The van der Waals surface area contributed by atoms with Gasteiger partial charge >= 0.3 is 7.23 Å². The van der Waals surface area contributed by atoms with Gasteiger partial charge in [0.1, 0.15) is 24.4 Å². The second-order valence-electron chi connectivity index (χ2n) is 9.17. The van der Waals surface area contributed by atoms with Crippen molar-refractivity contribution in [2.75, 3.05) is 25.2 Å². The molecule has 0 radical (unpaired) electrons. The molecule has 1 aliphatic heterocycles. The Hall–Kier alpha value is -2.46. The van der Waals surface area contributed by atoms with Gasteiger partial charge in [0, 0.05) is 0 Å². The second-order valence-corrected chi connectivity index (χ2v) is 12.1. The highest BCUT2D eigenvalue weighted by molar-refractivity contribution is 8.50. The number of benzene rings is 1. The summed E-state index contributed by atoms with van der Waals surface area (Å²) in [5, 5.41) is 32.1. The van der Waals surface area contributed by atoms with E-state index in [0.717, 1.165) is 16.9 Å². The number of hydrogen-bond acceptors (Lipinski definition) is 14. The minimum Gasteiger partial charge on any atom is -0.479 e. The number of imidazole rings is 1. The predicted octanol–water partition coefficient (Wildman–Crippen LogP) is 1.26. The number of ether oxygens (including phenoxy) is 3. The molecule has 212 valence electrons. The first-order valence-corrected chi connectivity index (χ1v) is 14.8. The van der Waals surface area contributed by atoms with E-state index in [-0.39, 0.29) is 35.9 Å². The van der Waals surface area contributed by atoms with Gasteiger partial charge in [-0.05, 0) is 24.0 Å². The third-order valence-corrected chi connectivity index (χ3v) is 8.80. The molecule has 0 aliphatic carbocycles. The molecule has 1 aromatic carbocycles. The van der Waals surface area contributed by atoms with Crippen molar-refractivity contribution in [1.29, 1.82) is 0 Å². The van der Waals surface area contributed by atoms with E-state index in [2.05, 4.69) is 15.0 Å². The van der Waals surface area contributed by atoms with Crippen molar-refractivity contribution >= 4 is 35.7 Å². The quantitative estimate of drug-likeness (QED) is 0.150. The van der Waals surface area contributed by atoms with Gasteiger partial charge in [-0.3, -0.25) is 4.57 Å². The van der Waals surface area contributed by atoms with Crippen LogP contribution in [0.15, 0.2) is 36.7 Å². The number of fused-ring (bicyclic) bond motifs is 1. The van der Waals surface area contributed by atoms with Crippen LogP contribution in [0.3, 0.4) is 0 Å². The third kappa shape index (κ3) is 6.48. The molecule has 3 heterocycles. The Morgan fingerprint density at radius 1 is 1.31 bits per heavy atom. The van der Waals surface area contributed by atoms with E-state index in [0.29, 0.717) is 5.52 Å². The van der Waals surface area contributed by atoms with Gasteiger partial charge in [-0.2, -0.15) is 9.97 Å². The number of methoxy groups -OCH3 is 1. The number of nitrogen functional groups attached to an aromatic ring is 1. The van der Waals surface area contributed by atoms with Gasteiger partial charge < -0.3 is 41.0 Å². The number of anilines is 1. The van der Waals surface area contributed by atoms with Crippen molar-refractivity contribution in [3.8, 4) is 5.88 Å². The van der Waals surface area contributed by atoms with Crippen LogP contribution in [0.2, 0.25) is 0 Å². The summed E-state index contributed by atoms with van der Waals surface area (Å²) >= 11 is 0.889. The van der Waals surface area contributed by atoms with Gasteiger partial charge in [0.25, 0.3) is 0 Å². The van der Waals surface area contributed by atoms with Crippen LogP contribution < -0.4 is 16.2 Å². The fourth-order valence-corrected chi connectivity index (χ4v) is 6.20. The van der Waals surface area contributed by atoms with E-state index < -0.39 is 43.6 Å². The van der Waals surface area contributed by atoms with Crippen molar-refractivity contribution in [2.24, 2.45) is 5.73 Å². The molecule has 39 heavy (non-hydrogen) atoms. The lowest BCUT2D eigenvalue weighted by atomic mass is 9.96. The Morgan fingerprint density at radius 2 is 2.03 bits per heavy atom. The van der Waals surface area contributed by atoms with Gasteiger partial charge in [-0.25, -0.2) is 4.98 Å². The number of aromatic nitrogens is 4. The maximum atomic E-state index is 12.5. The van der Waals surface area contributed by atoms with Crippen LogP contribution in [0.25, 0.3) is 11.2 Å². The summed E-state index contributed by atoms with van der Waals surface area (Å²) in [6.07, 6.45) is -3.86. The Bertz CT molecular complexity index is 1280. The molecule has 1 fully saturated rings. The molecule has 8 unspecified atom stereocenters. The first-order valence-electron chi connectivity index (χ1n) is 12.0. The zero-order valence-electron chi connectivity index (χ0n) is 21.5. The van der Waals surface area contributed by atoms with Gasteiger partial charge in [0.05, 0.1) is 31.3 Å². The van der Waals surface area contributed by atoms with Crippen LogP contribution in [0.5, 0.6) is 5.88 Å². The minimum absolute atomic E-state index is 0.0727. The molecule has 3 aromatic rings. The molecule has 4 rings (SSSR count). The van der Waals surface area contributed by atoms with Crippen molar-refractivity contribution in [2.45, 2.75) is 56.3 Å². The lowest BCUT2D eigenvalue weighted by Gasteiger charge is -2.27. The normalized spacial score (nSPS) is 25.9. The molecule has 1 aliphatic rings. The average Bonchev–Trinajstić information content (AvgIpc) is 3.43. The summed E-state index contributed by atoms with van der Waals surface area (Å²) in [6, 6.07) is 8.53. The molecule has 0 saturated carbocycles. The molecule has 2 aromatic heterocycles. The lowest BCUT2D eigenvalue weighted by molar-refractivity contribution is -0.140. The van der Waals surface area contributed by atoms with E-state index in [1.54, 1.807) is 6.92 Å². The number of hydrogen-bond donors (Lipinski definition) is 5. The predicted molar refractivity (Wildman–Crippen MR) is 143 cm³/mol. The zero-order chi connectivity index (χ0) is 28.3. The maximum Gasteiger partial charge on any atom is 0.585 e. The highest BCUT2D eigenvalue weighted by Crippen LogP contribution is 2.44. The Morgan fingerprint density at radius 3 is 2.72 bits per heavy atom. The number of aliphatic hydroxyl groups is 3. The molecule has 14 nitrogen and oxygen atoms in total. The smallest absolute Gasteiger partial charge is 0.479 e. The van der Waals surface area contributed by atoms with Gasteiger partial charge in [-0.1, -0.05) is 30.3 Å². The number of aliphatic hydroxyl groups excluding tert-OH is 2. The number of nitrogens with zero attached hydrogens (tertiary/aromatic N) is 4. The van der Waals surface area contributed by atoms with E-state index in [4.69, 9.17) is 30.2 Å². The van der Waals surface area contributed by atoms with Crippen LogP contribution in [0.4, 0.5) is 5.95 Å². The highest BCUT2D eigenvalue weighted by atomic mass is 32.7. The molecule has 1 saturated heterocycles. The molecule has 0 amide bonds. The third-order valence-electron chi connectivity index (χ3n) is 6.30. The van der Waals surface area contributed by atoms with Crippen molar-refractivity contribution in [3.05, 3.63) is 42.2 Å². The van der Waals surface area contributed by atoms with Crippen LogP contribution >= 0.6 is 18.6 Å². The van der Waals surface area contributed by atoms with E-state index in [1.165, 1.54) is 24.9 Å². The van der Waals surface area contributed by atoms with Crippen molar-refractivity contribution in [1.82, 2.24) is 19.5 Å². The van der Waals surface area contributed by atoms with Gasteiger partial charge in [-0.15, -0.1) is 4.52 Å². The van der Waals surface area contributed by atoms with Crippen molar-refractivity contribution < 1.29 is 38.6 Å². The summed E-state index contributed by atoms with van der Waals surface area (Å²) in [6.45, 7) is 2.89. The fourth-order valence-electron chi connectivity index (χ4n) is 4.11. The Balaban J connectivity index is 1.31. The SMILES string of the molecule is COc1nc(N)nc2c1ncn2C1OC(CO[P+](=O)SCC(N)C(O)OC(C)c2ccccc2)C(O)C1(C)O. The van der Waals surface area contributed by atoms with Crippen LogP contribution in [-0.4, -0.2) is 84.4 Å². The van der Waals surface area contributed by atoms with Crippen LogP contribution in [-0.2, 0) is 18.6 Å². The van der Waals surface area contributed by atoms with E-state index >= 15 is 0 Å². The first kappa shape index (κ1) is 29.5.